The highest BCUT2D eigenvalue weighted by atomic mass is 16.4. The lowest BCUT2D eigenvalue weighted by molar-refractivity contribution is -0.145. The van der Waals surface area contributed by atoms with Crippen molar-refractivity contribution in [3.8, 4) is 11.3 Å². The van der Waals surface area contributed by atoms with Crippen LogP contribution in [0.25, 0.3) is 22.2 Å². The Hall–Kier alpha value is -3.21. The van der Waals surface area contributed by atoms with Crippen molar-refractivity contribution in [2.24, 2.45) is 11.8 Å². The maximum absolute atomic E-state index is 13.4. The fraction of sp³-hybridized carbons (Fsp3) is 0.292. The van der Waals surface area contributed by atoms with Crippen LogP contribution in [0.3, 0.4) is 0 Å². The highest BCUT2D eigenvalue weighted by Crippen LogP contribution is 2.29. The molecule has 0 radical (unpaired) electrons. The first-order valence-electron chi connectivity index (χ1n) is 9.93. The van der Waals surface area contributed by atoms with Gasteiger partial charge in [0, 0.05) is 24.0 Å². The van der Waals surface area contributed by atoms with Crippen molar-refractivity contribution in [3.05, 3.63) is 65.7 Å². The standard InChI is InChI=1S/C24H24N2O3/c1-15-7-9-17(10-8-15)22-13-20(19-5-3-4-6-21(19)25-22)23(27)26-12-11-18(24(28)29)16(2)14-26/h3-10,13,16,18H,11-12,14H2,1-2H3,(H,28,29). The van der Waals surface area contributed by atoms with Gasteiger partial charge in [-0.25, -0.2) is 4.98 Å². The Kier molecular flexibility index (Phi) is 5.05. The molecule has 2 aromatic carbocycles. The normalized spacial score (nSPS) is 19.3. The van der Waals surface area contributed by atoms with Crippen LogP contribution in [0.2, 0.25) is 0 Å². The number of carboxylic acid groups (broad SMARTS) is 1. The maximum atomic E-state index is 13.4. The number of aliphatic carboxylic acids is 1. The van der Waals surface area contributed by atoms with Crippen LogP contribution >= 0.6 is 0 Å². The predicted molar refractivity (Wildman–Crippen MR) is 113 cm³/mol. The highest BCUT2D eigenvalue weighted by Gasteiger charge is 2.33. The van der Waals surface area contributed by atoms with E-state index in [1.165, 1.54) is 5.56 Å². The number of benzene rings is 2. The van der Waals surface area contributed by atoms with Gasteiger partial charge in [0.15, 0.2) is 0 Å². The average molecular weight is 388 g/mol. The molecule has 3 aromatic rings. The predicted octanol–water partition coefficient (Wildman–Crippen LogP) is 4.39. The van der Waals surface area contributed by atoms with E-state index in [2.05, 4.69) is 0 Å². The number of carboxylic acids is 1. The number of aryl methyl sites for hydroxylation is 1. The lowest BCUT2D eigenvalue weighted by Gasteiger charge is -2.35. The van der Waals surface area contributed by atoms with Crippen LogP contribution in [0.4, 0.5) is 0 Å². The third kappa shape index (κ3) is 3.73. The Morgan fingerprint density at radius 3 is 2.52 bits per heavy atom. The fourth-order valence-corrected chi connectivity index (χ4v) is 4.09. The SMILES string of the molecule is Cc1ccc(-c2cc(C(=O)N3CCC(C(=O)O)C(C)C3)c3ccccc3n2)cc1. The number of pyridine rings is 1. The molecule has 1 aliphatic heterocycles. The van der Waals surface area contributed by atoms with Gasteiger partial charge in [-0.1, -0.05) is 55.0 Å². The van der Waals surface area contributed by atoms with Gasteiger partial charge in [-0.2, -0.15) is 0 Å². The average Bonchev–Trinajstić information content (AvgIpc) is 2.72. The molecule has 29 heavy (non-hydrogen) atoms. The molecule has 1 amide bonds. The summed E-state index contributed by atoms with van der Waals surface area (Å²) in [7, 11) is 0. The minimum absolute atomic E-state index is 0.0624. The van der Waals surface area contributed by atoms with Gasteiger partial charge in [-0.3, -0.25) is 9.59 Å². The first-order valence-corrected chi connectivity index (χ1v) is 9.93. The molecule has 1 fully saturated rings. The number of hydrogen-bond acceptors (Lipinski definition) is 3. The van der Waals surface area contributed by atoms with Crippen LogP contribution in [-0.4, -0.2) is 40.0 Å². The molecule has 0 saturated carbocycles. The number of amides is 1. The van der Waals surface area contributed by atoms with Gasteiger partial charge >= 0.3 is 5.97 Å². The maximum Gasteiger partial charge on any atom is 0.306 e. The molecule has 2 unspecified atom stereocenters. The second-order valence-corrected chi connectivity index (χ2v) is 7.90. The summed E-state index contributed by atoms with van der Waals surface area (Å²) in [5.74, 6) is -1.31. The molecule has 1 aliphatic rings. The number of nitrogens with zero attached hydrogens (tertiary/aromatic N) is 2. The molecule has 0 spiro atoms. The first-order chi connectivity index (χ1) is 13.9. The van der Waals surface area contributed by atoms with E-state index in [0.29, 0.717) is 25.1 Å². The molecule has 2 heterocycles. The van der Waals surface area contributed by atoms with E-state index in [1.54, 1.807) is 4.90 Å². The Morgan fingerprint density at radius 1 is 1.10 bits per heavy atom. The summed E-state index contributed by atoms with van der Waals surface area (Å²) in [6.07, 6.45) is 0.482. The smallest absolute Gasteiger partial charge is 0.306 e. The molecule has 0 bridgehead atoms. The molecule has 0 aliphatic carbocycles. The summed E-state index contributed by atoms with van der Waals surface area (Å²) in [6.45, 7) is 4.85. The minimum atomic E-state index is -0.777. The second kappa shape index (κ2) is 7.66. The van der Waals surface area contributed by atoms with Crippen molar-refractivity contribution in [1.29, 1.82) is 0 Å². The second-order valence-electron chi connectivity index (χ2n) is 7.90. The van der Waals surface area contributed by atoms with Gasteiger partial charge in [0.05, 0.1) is 22.7 Å². The molecule has 148 valence electrons. The van der Waals surface area contributed by atoms with Gasteiger partial charge in [0.25, 0.3) is 5.91 Å². The van der Waals surface area contributed by atoms with E-state index in [9.17, 15) is 14.7 Å². The molecular weight excluding hydrogens is 364 g/mol. The van der Waals surface area contributed by atoms with E-state index >= 15 is 0 Å². The molecule has 1 saturated heterocycles. The molecule has 1 N–H and O–H groups in total. The number of hydrogen-bond donors (Lipinski definition) is 1. The monoisotopic (exact) mass is 388 g/mol. The van der Waals surface area contributed by atoms with Gasteiger partial charge in [0.2, 0.25) is 0 Å². The fourth-order valence-electron chi connectivity index (χ4n) is 4.09. The topological polar surface area (TPSA) is 70.5 Å². The zero-order valence-electron chi connectivity index (χ0n) is 16.6. The number of likely N-dealkylation sites (tertiary alicyclic amines) is 1. The van der Waals surface area contributed by atoms with E-state index < -0.39 is 11.9 Å². The summed E-state index contributed by atoms with van der Waals surface area (Å²) >= 11 is 0. The Labute approximate surface area is 170 Å². The van der Waals surface area contributed by atoms with Crippen LogP contribution in [-0.2, 0) is 4.79 Å². The third-order valence-corrected chi connectivity index (χ3v) is 5.80. The molecular formula is C24H24N2O3. The van der Waals surface area contributed by atoms with Gasteiger partial charge in [-0.05, 0) is 31.4 Å². The third-order valence-electron chi connectivity index (χ3n) is 5.80. The number of aromatic nitrogens is 1. The number of piperidine rings is 1. The summed E-state index contributed by atoms with van der Waals surface area (Å²) in [5, 5.41) is 10.2. The van der Waals surface area contributed by atoms with Crippen molar-refractivity contribution in [3.63, 3.8) is 0 Å². The Morgan fingerprint density at radius 2 is 1.83 bits per heavy atom. The Bertz CT molecular complexity index is 1080. The lowest BCUT2D eigenvalue weighted by atomic mass is 9.86. The summed E-state index contributed by atoms with van der Waals surface area (Å²) < 4.78 is 0. The van der Waals surface area contributed by atoms with Crippen molar-refractivity contribution >= 4 is 22.8 Å². The van der Waals surface area contributed by atoms with Crippen LogP contribution in [0.5, 0.6) is 0 Å². The number of rotatable bonds is 3. The van der Waals surface area contributed by atoms with Gasteiger partial charge in [0.1, 0.15) is 0 Å². The molecule has 1 aromatic heterocycles. The van der Waals surface area contributed by atoms with Crippen LogP contribution in [0.1, 0.15) is 29.3 Å². The van der Waals surface area contributed by atoms with Crippen molar-refractivity contribution in [1.82, 2.24) is 9.88 Å². The van der Waals surface area contributed by atoms with Gasteiger partial charge in [-0.15, -0.1) is 0 Å². The molecule has 5 heteroatoms. The van der Waals surface area contributed by atoms with Crippen molar-refractivity contribution in [2.75, 3.05) is 13.1 Å². The zero-order valence-corrected chi connectivity index (χ0v) is 16.6. The van der Waals surface area contributed by atoms with Gasteiger partial charge < -0.3 is 10.0 Å². The van der Waals surface area contributed by atoms with Crippen LogP contribution in [0.15, 0.2) is 54.6 Å². The number of carbonyl (C=O) groups is 2. The minimum Gasteiger partial charge on any atom is -0.481 e. The van der Waals surface area contributed by atoms with E-state index in [-0.39, 0.29) is 11.8 Å². The van der Waals surface area contributed by atoms with Crippen LogP contribution in [0, 0.1) is 18.8 Å². The van der Waals surface area contributed by atoms with E-state index in [0.717, 1.165) is 22.2 Å². The summed E-state index contributed by atoms with van der Waals surface area (Å²) in [5.41, 5.74) is 4.30. The number of carbonyl (C=O) groups excluding carboxylic acids is 1. The first kappa shape index (κ1) is 19.1. The summed E-state index contributed by atoms with van der Waals surface area (Å²) in [4.78, 5) is 31.4. The summed E-state index contributed by atoms with van der Waals surface area (Å²) in [6, 6.07) is 17.6. The number of fused-ring (bicyclic) bond motifs is 1. The van der Waals surface area contributed by atoms with Crippen molar-refractivity contribution in [2.45, 2.75) is 20.3 Å². The zero-order chi connectivity index (χ0) is 20.5. The molecule has 4 rings (SSSR count). The van der Waals surface area contributed by atoms with Crippen LogP contribution < -0.4 is 0 Å². The Balaban J connectivity index is 1.73. The largest absolute Gasteiger partial charge is 0.481 e. The number of para-hydroxylation sites is 1. The quantitative estimate of drug-likeness (QED) is 0.722. The lowest BCUT2D eigenvalue weighted by Crippen LogP contribution is -2.45. The molecule has 5 nitrogen and oxygen atoms in total. The highest BCUT2D eigenvalue weighted by molar-refractivity contribution is 6.07. The van der Waals surface area contributed by atoms with E-state index in [1.807, 2.05) is 68.4 Å². The van der Waals surface area contributed by atoms with Crippen molar-refractivity contribution < 1.29 is 14.7 Å². The van der Waals surface area contributed by atoms with E-state index in [4.69, 9.17) is 4.98 Å². The molecule has 2 atom stereocenters.